The zero-order valence-electron chi connectivity index (χ0n) is 55.1. The number of quaternary nitrogens is 1. The first kappa shape index (κ1) is 80.7. The van der Waals surface area contributed by atoms with Gasteiger partial charge < -0.3 is 18.9 Å². The molecule has 0 heterocycles. The number of nitrogens with zero attached hydrogens (tertiary/aromatic N) is 1. The molecule has 0 aromatic carbocycles. The Labute approximate surface area is 518 Å². The molecule has 10 heteroatoms. The fourth-order valence-electron chi connectivity index (χ4n) is 9.54. The number of hydrogen-bond acceptors (Lipinski definition) is 7. The highest BCUT2D eigenvalue weighted by molar-refractivity contribution is 7.47. The van der Waals surface area contributed by atoms with Gasteiger partial charge in [0.1, 0.15) is 19.8 Å². The lowest BCUT2D eigenvalue weighted by Crippen LogP contribution is -2.37. The highest BCUT2D eigenvalue weighted by atomic mass is 31.2. The molecule has 0 spiro atoms. The van der Waals surface area contributed by atoms with E-state index in [2.05, 4.69) is 123 Å². The van der Waals surface area contributed by atoms with E-state index < -0.39 is 26.5 Å². The maximum Gasteiger partial charge on any atom is 0.472 e. The van der Waals surface area contributed by atoms with Crippen molar-refractivity contribution in [3.63, 3.8) is 0 Å². The minimum absolute atomic E-state index is 0.0275. The lowest BCUT2D eigenvalue weighted by atomic mass is 10.0. The van der Waals surface area contributed by atoms with Crippen LogP contribution in [0, 0.1) is 0 Å². The van der Waals surface area contributed by atoms with Crippen molar-refractivity contribution in [1.82, 2.24) is 0 Å². The van der Waals surface area contributed by atoms with Gasteiger partial charge in [0.2, 0.25) is 0 Å². The van der Waals surface area contributed by atoms with Crippen molar-refractivity contribution < 1.29 is 42.1 Å². The summed E-state index contributed by atoms with van der Waals surface area (Å²) >= 11 is 0. The molecule has 0 aliphatic rings. The summed E-state index contributed by atoms with van der Waals surface area (Å²) in [7, 11) is 1.47. The Bertz CT molecular complexity index is 1790. The van der Waals surface area contributed by atoms with Gasteiger partial charge in [-0.25, -0.2) is 4.57 Å². The molecule has 9 nitrogen and oxygen atoms in total. The average molecular weight is 1190 g/mol. The molecule has 484 valence electrons. The van der Waals surface area contributed by atoms with Crippen LogP contribution in [-0.4, -0.2) is 74.9 Å². The highest BCUT2D eigenvalue weighted by Crippen LogP contribution is 2.43. The second-order valence-electron chi connectivity index (χ2n) is 24.2. The molecular formula is C74H131NO8P+. The molecule has 0 amide bonds. The van der Waals surface area contributed by atoms with Crippen LogP contribution in [0.5, 0.6) is 0 Å². The molecule has 2 atom stereocenters. The summed E-state index contributed by atoms with van der Waals surface area (Å²) in [5, 5.41) is 0. The molecule has 0 aliphatic heterocycles. The zero-order chi connectivity index (χ0) is 61.2. The van der Waals surface area contributed by atoms with E-state index in [1.165, 1.54) is 161 Å². The Hall–Kier alpha value is -3.33. The molecule has 2 unspecified atom stereocenters. The second-order valence-corrected chi connectivity index (χ2v) is 25.6. The number of rotatable bonds is 63. The van der Waals surface area contributed by atoms with Crippen LogP contribution in [0.25, 0.3) is 0 Å². The molecule has 84 heavy (non-hydrogen) atoms. The van der Waals surface area contributed by atoms with E-state index in [1.807, 2.05) is 21.1 Å². The third-order valence-corrected chi connectivity index (χ3v) is 15.8. The van der Waals surface area contributed by atoms with Gasteiger partial charge >= 0.3 is 19.8 Å². The number of hydrogen-bond donors (Lipinski definition) is 1. The van der Waals surface area contributed by atoms with Crippen molar-refractivity contribution in [1.29, 1.82) is 0 Å². The van der Waals surface area contributed by atoms with Crippen LogP contribution < -0.4 is 0 Å². The van der Waals surface area contributed by atoms with Gasteiger partial charge in [0.25, 0.3) is 0 Å². The smallest absolute Gasteiger partial charge is 0.462 e. The quantitative estimate of drug-likeness (QED) is 0.0211. The van der Waals surface area contributed by atoms with Gasteiger partial charge in [-0.2, -0.15) is 0 Å². The Morgan fingerprint density at radius 1 is 0.381 bits per heavy atom. The predicted molar refractivity (Wildman–Crippen MR) is 362 cm³/mol. The first-order valence-corrected chi connectivity index (χ1v) is 36.1. The number of carbonyl (C=O) groups is 2. The Balaban J connectivity index is 4.10. The van der Waals surface area contributed by atoms with Crippen molar-refractivity contribution >= 4 is 19.8 Å². The number of phosphoric ester groups is 1. The molecule has 0 fully saturated rings. The largest absolute Gasteiger partial charge is 0.472 e. The summed E-state index contributed by atoms with van der Waals surface area (Å²) < 4.78 is 34.7. The number of ether oxygens (including phenoxy) is 2. The van der Waals surface area contributed by atoms with E-state index in [1.54, 1.807) is 0 Å². The molecule has 0 aromatic heterocycles. The number of likely N-dealkylation sites (N-methyl/N-ethyl adjacent to an activating group) is 1. The number of allylic oxidation sites excluding steroid dienone is 18. The van der Waals surface area contributed by atoms with Crippen molar-refractivity contribution in [2.75, 3.05) is 47.5 Å². The number of carbonyl (C=O) groups excluding carboxylic acids is 2. The SMILES string of the molecule is CC/C=C\C/C=C\C/C=C\C/C=C\C/C=C\C/C=C\C/C=C\C/C=C\C/C=C\CCCCCCCCCCCC(=O)OC(COC(=O)CCCCCCCCCCCCCCCCCCCCCCCCC)COP(=O)(O)OCC[N+](C)(C)C. The first-order valence-electron chi connectivity index (χ1n) is 34.6. The van der Waals surface area contributed by atoms with Crippen molar-refractivity contribution in [2.24, 2.45) is 0 Å². The summed E-state index contributed by atoms with van der Waals surface area (Å²) in [6.07, 6.45) is 90.4. The van der Waals surface area contributed by atoms with Crippen LogP contribution >= 0.6 is 7.82 Å². The molecular weight excluding hydrogens is 1060 g/mol. The normalized spacial score (nSPS) is 13.8. The van der Waals surface area contributed by atoms with E-state index in [0.29, 0.717) is 17.4 Å². The van der Waals surface area contributed by atoms with Crippen LogP contribution in [0.15, 0.2) is 109 Å². The minimum Gasteiger partial charge on any atom is -0.462 e. The summed E-state index contributed by atoms with van der Waals surface area (Å²) in [6, 6.07) is 0. The van der Waals surface area contributed by atoms with Crippen molar-refractivity contribution in [3.8, 4) is 0 Å². The Morgan fingerprint density at radius 3 is 1.01 bits per heavy atom. The zero-order valence-corrected chi connectivity index (χ0v) is 56.0. The van der Waals surface area contributed by atoms with E-state index >= 15 is 0 Å². The highest BCUT2D eigenvalue weighted by Gasteiger charge is 2.27. The van der Waals surface area contributed by atoms with Gasteiger partial charge in [0.05, 0.1) is 27.7 Å². The maximum absolute atomic E-state index is 12.9. The van der Waals surface area contributed by atoms with Crippen LogP contribution in [0.3, 0.4) is 0 Å². The fraction of sp³-hybridized carbons (Fsp3) is 0.730. The fourth-order valence-corrected chi connectivity index (χ4v) is 10.3. The van der Waals surface area contributed by atoms with E-state index in [0.717, 1.165) is 103 Å². The molecule has 0 aromatic rings. The average Bonchev–Trinajstić information content (AvgIpc) is 3.61. The van der Waals surface area contributed by atoms with Gasteiger partial charge in [-0.1, -0.05) is 309 Å². The van der Waals surface area contributed by atoms with Crippen molar-refractivity contribution in [2.45, 2.75) is 302 Å². The molecule has 0 radical (unpaired) electrons. The first-order chi connectivity index (χ1) is 41.0. The van der Waals surface area contributed by atoms with E-state index in [4.69, 9.17) is 18.5 Å². The van der Waals surface area contributed by atoms with Gasteiger partial charge in [-0.15, -0.1) is 0 Å². The van der Waals surface area contributed by atoms with E-state index in [9.17, 15) is 19.0 Å². The van der Waals surface area contributed by atoms with Gasteiger partial charge in [-0.3, -0.25) is 18.6 Å². The lowest BCUT2D eigenvalue weighted by molar-refractivity contribution is -0.870. The standard InChI is InChI=1S/C74H130NO8P/c1-6-8-10-12-14-16-18-20-22-24-26-28-30-31-32-33-34-35-36-37-38-39-40-41-42-43-45-47-49-51-53-55-57-59-61-63-65-67-74(77)83-72(71-82-84(78,79)81-69-68-75(3,4)5)70-80-73(76)66-64-62-60-58-56-54-52-50-48-46-44-29-27-25-23-21-19-17-15-13-11-9-7-2/h8,10,14,16,20,22,26,28,31-32,34-35,37-38,40-41,43,45,72H,6-7,9,11-13,15,17-19,21,23-25,27,29-30,33,36,39,42,44,46-71H2,1-5H3/p+1/b10-8-,16-14-,22-20-,28-26-,32-31-,35-34-,38-37-,41-40-,45-43-. The summed E-state index contributed by atoms with van der Waals surface area (Å²) in [5.41, 5.74) is 0. The maximum atomic E-state index is 12.9. The summed E-state index contributed by atoms with van der Waals surface area (Å²) in [6.45, 7) is 4.34. The number of esters is 2. The van der Waals surface area contributed by atoms with Crippen LogP contribution in [0.1, 0.15) is 296 Å². The third kappa shape index (κ3) is 67.8. The third-order valence-electron chi connectivity index (χ3n) is 14.8. The van der Waals surface area contributed by atoms with Crippen LogP contribution in [0.4, 0.5) is 0 Å². The van der Waals surface area contributed by atoms with Gasteiger partial charge in [0, 0.05) is 12.8 Å². The molecule has 0 aliphatic carbocycles. The summed E-state index contributed by atoms with van der Waals surface area (Å²) in [4.78, 5) is 35.9. The molecule has 0 bridgehead atoms. The predicted octanol–water partition coefficient (Wildman–Crippen LogP) is 22.5. The number of unbranched alkanes of at least 4 members (excludes halogenated alkanes) is 31. The second kappa shape index (κ2) is 64.2. The lowest BCUT2D eigenvalue weighted by Gasteiger charge is -2.24. The number of phosphoric acid groups is 1. The van der Waals surface area contributed by atoms with Gasteiger partial charge in [0.15, 0.2) is 6.10 Å². The molecule has 0 rings (SSSR count). The summed E-state index contributed by atoms with van der Waals surface area (Å²) in [5.74, 6) is -0.798. The molecule has 0 saturated carbocycles. The Kier molecular flexibility index (Phi) is 61.6. The topological polar surface area (TPSA) is 108 Å². The molecule has 0 saturated heterocycles. The molecule has 1 N–H and O–H groups in total. The Morgan fingerprint density at radius 2 is 0.679 bits per heavy atom. The van der Waals surface area contributed by atoms with Gasteiger partial charge in [-0.05, 0) is 83.5 Å². The monoisotopic (exact) mass is 1190 g/mol. The van der Waals surface area contributed by atoms with Crippen LogP contribution in [0.2, 0.25) is 0 Å². The van der Waals surface area contributed by atoms with Crippen molar-refractivity contribution in [3.05, 3.63) is 109 Å². The van der Waals surface area contributed by atoms with E-state index in [-0.39, 0.29) is 32.0 Å². The minimum atomic E-state index is -4.40. The van der Waals surface area contributed by atoms with Crippen LogP contribution in [-0.2, 0) is 32.7 Å².